The average molecular weight is 257 g/mol. The van der Waals surface area contributed by atoms with Crippen molar-refractivity contribution in [2.45, 2.75) is 6.54 Å². The summed E-state index contributed by atoms with van der Waals surface area (Å²) in [4.78, 5) is 18.1. The Morgan fingerprint density at radius 2 is 2.32 bits per heavy atom. The minimum absolute atomic E-state index is 0.372. The van der Waals surface area contributed by atoms with Gasteiger partial charge >= 0.3 is 5.97 Å². The van der Waals surface area contributed by atoms with Gasteiger partial charge in [-0.2, -0.15) is 0 Å². The topological polar surface area (TPSA) is 67.0 Å². The van der Waals surface area contributed by atoms with E-state index in [1.54, 1.807) is 18.6 Å². The zero-order valence-corrected chi connectivity index (χ0v) is 10.6. The maximum atomic E-state index is 11.1. The molecular weight excluding hydrogens is 242 g/mol. The van der Waals surface area contributed by atoms with E-state index in [0.29, 0.717) is 6.54 Å². The number of rotatable bonds is 5. The minimum atomic E-state index is -0.372. The molecule has 19 heavy (non-hydrogen) atoms. The molecule has 5 heteroatoms. The molecule has 0 atom stereocenters. The van der Waals surface area contributed by atoms with Crippen LogP contribution in [0.15, 0.2) is 42.9 Å². The number of carbonyl (C=O) groups excluding carboxylic acids is 1. The van der Waals surface area contributed by atoms with E-state index in [2.05, 4.69) is 20.0 Å². The van der Waals surface area contributed by atoms with Crippen molar-refractivity contribution in [2.75, 3.05) is 12.4 Å². The number of hydrogen-bond donors (Lipinski definition) is 2. The van der Waals surface area contributed by atoms with Crippen LogP contribution in [-0.4, -0.2) is 23.0 Å². The molecule has 0 saturated heterocycles. The van der Waals surface area contributed by atoms with E-state index >= 15 is 0 Å². The molecule has 0 saturated carbocycles. The van der Waals surface area contributed by atoms with Crippen LogP contribution in [0.2, 0.25) is 0 Å². The molecule has 0 unspecified atom stereocenters. The van der Waals surface area contributed by atoms with Gasteiger partial charge in [0.2, 0.25) is 0 Å². The van der Waals surface area contributed by atoms with Crippen LogP contribution >= 0.6 is 0 Å². The molecule has 0 spiro atoms. The van der Waals surface area contributed by atoms with E-state index in [0.717, 1.165) is 16.9 Å². The number of nitrogens with one attached hydrogen (secondary N) is 2. The van der Waals surface area contributed by atoms with Crippen LogP contribution in [0.25, 0.3) is 6.08 Å². The number of ether oxygens (including phenoxy) is 1. The summed E-state index contributed by atoms with van der Waals surface area (Å²) in [5.74, 6) is -0.372. The number of imidazole rings is 1. The van der Waals surface area contributed by atoms with Gasteiger partial charge in [0.05, 0.1) is 25.7 Å². The Labute approximate surface area is 111 Å². The molecule has 2 rings (SSSR count). The summed E-state index contributed by atoms with van der Waals surface area (Å²) in [6, 6.07) is 7.73. The number of carbonyl (C=O) groups is 1. The highest BCUT2D eigenvalue weighted by molar-refractivity contribution is 5.88. The molecule has 2 aromatic rings. The number of aromatic nitrogens is 2. The Kier molecular flexibility index (Phi) is 4.34. The molecule has 0 bridgehead atoms. The average Bonchev–Trinajstić information content (AvgIpc) is 2.96. The van der Waals surface area contributed by atoms with Gasteiger partial charge in [-0.15, -0.1) is 0 Å². The third kappa shape index (κ3) is 3.70. The molecule has 0 aliphatic heterocycles. The Morgan fingerprint density at radius 1 is 1.47 bits per heavy atom. The van der Waals surface area contributed by atoms with E-state index in [-0.39, 0.29) is 5.97 Å². The molecule has 0 radical (unpaired) electrons. The quantitative estimate of drug-likeness (QED) is 0.636. The molecule has 5 nitrogen and oxygen atoms in total. The van der Waals surface area contributed by atoms with Crippen LogP contribution in [0.5, 0.6) is 0 Å². The lowest BCUT2D eigenvalue weighted by Gasteiger charge is -2.08. The number of para-hydroxylation sites is 1. The smallest absolute Gasteiger partial charge is 0.330 e. The van der Waals surface area contributed by atoms with Crippen molar-refractivity contribution in [3.05, 3.63) is 54.1 Å². The number of anilines is 1. The van der Waals surface area contributed by atoms with Crippen LogP contribution in [-0.2, 0) is 16.1 Å². The lowest BCUT2D eigenvalue weighted by atomic mass is 10.1. The van der Waals surface area contributed by atoms with Crippen LogP contribution in [0, 0.1) is 0 Å². The monoisotopic (exact) mass is 257 g/mol. The van der Waals surface area contributed by atoms with E-state index in [1.165, 1.54) is 13.2 Å². The van der Waals surface area contributed by atoms with Gasteiger partial charge in [0.15, 0.2) is 0 Å². The summed E-state index contributed by atoms with van der Waals surface area (Å²) < 4.78 is 4.57. The predicted molar refractivity (Wildman–Crippen MR) is 73.4 cm³/mol. The number of aromatic amines is 1. The van der Waals surface area contributed by atoms with Crippen molar-refractivity contribution in [2.24, 2.45) is 0 Å². The van der Waals surface area contributed by atoms with Crippen LogP contribution in [0.3, 0.4) is 0 Å². The molecule has 0 amide bonds. The summed E-state index contributed by atoms with van der Waals surface area (Å²) in [7, 11) is 1.36. The molecule has 0 aliphatic rings. The Morgan fingerprint density at radius 3 is 3.05 bits per heavy atom. The number of methoxy groups -OCH3 is 1. The maximum Gasteiger partial charge on any atom is 0.330 e. The summed E-state index contributed by atoms with van der Waals surface area (Å²) in [5.41, 5.74) is 2.86. The maximum absolute atomic E-state index is 11.1. The number of benzene rings is 1. The van der Waals surface area contributed by atoms with Gasteiger partial charge in [-0.05, 0) is 17.7 Å². The summed E-state index contributed by atoms with van der Waals surface area (Å²) in [5, 5.41) is 3.28. The lowest BCUT2D eigenvalue weighted by Crippen LogP contribution is -2.01. The summed E-state index contributed by atoms with van der Waals surface area (Å²) in [6.45, 7) is 0.642. The highest BCUT2D eigenvalue weighted by Gasteiger charge is 2.00. The van der Waals surface area contributed by atoms with Crippen molar-refractivity contribution in [1.29, 1.82) is 0 Å². The van der Waals surface area contributed by atoms with Crippen LogP contribution in [0.1, 0.15) is 11.3 Å². The number of esters is 1. The van der Waals surface area contributed by atoms with Gasteiger partial charge in [-0.3, -0.25) is 0 Å². The molecular formula is C14H15N3O2. The van der Waals surface area contributed by atoms with E-state index in [4.69, 9.17) is 0 Å². The fraction of sp³-hybridized carbons (Fsp3) is 0.143. The van der Waals surface area contributed by atoms with Crippen molar-refractivity contribution in [1.82, 2.24) is 9.97 Å². The summed E-state index contributed by atoms with van der Waals surface area (Å²) >= 11 is 0. The third-order valence-corrected chi connectivity index (χ3v) is 2.59. The van der Waals surface area contributed by atoms with Crippen molar-refractivity contribution in [3.63, 3.8) is 0 Å². The molecule has 1 aromatic carbocycles. The zero-order valence-electron chi connectivity index (χ0n) is 10.6. The molecule has 2 N–H and O–H groups in total. The number of hydrogen-bond acceptors (Lipinski definition) is 4. The van der Waals surface area contributed by atoms with Crippen LogP contribution < -0.4 is 5.32 Å². The first-order valence-electron chi connectivity index (χ1n) is 5.86. The lowest BCUT2D eigenvalue weighted by molar-refractivity contribution is -0.134. The fourth-order valence-corrected chi connectivity index (χ4v) is 1.60. The van der Waals surface area contributed by atoms with Gasteiger partial charge in [0.1, 0.15) is 0 Å². The second-order valence-corrected chi connectivity index (χ2v) is 3.87. The first-order chi connectivity index (χ1) is 9.29. The zero-order chi connectivity index (χ0) is 13.5. The molecule has 1 heterocycles. The van der Waals surface area contributed by atoms with Gasteiger partial charge < -0.3 is 15.0 Å². The van der Waals surface area contributed by atoms with Crippen molar-refractivity contribution >= 4 is 17.7 Å². The van der Waals surface area contributed by atoms with Gasteiger partial charge in [0.25, 0.3) is 0 Å². The van der Waals surface area contributed by atoms with Crippen molar-refractivity contribution < 1.29 is 9.53 Å². The highest BCUT2D eigenvalue weighted by atomic mass is 16.5. The number of nitrogens with zero attached hydrogens (tertiary/aromatic N) is 1. The first-order valence-corrected chi connectivity index (χ1v) is 5.86. The Hall–Kier alpha value is -2.56. The third-order valence-electron chi connectivity index (χ3n) is 2.59. The van der Waals surface area contributed by atoms with Crippen molar-refractivity contribution in [3.8, 4) is 0 Å². The number of H-pyrrole nitrogens is 1. The largest absolute Gasteiger partial charge is 0.466 e. The fourth-order valence-electron chi connectivity index (χ4n) is 1.60. The van der Waals surface area contributed by atoms with E-state index in [1.807, 2.05) is 24.3 Å². The Bertz CT molecular complexity index is 562. The van der Waals surface area contributed by atoms with Crippen LogP contribution in [0.4, 0.5) is 5.69 Å². The first kappa shape index (κ1) is 12.9. The highest BCUT2D eigenvalue weighted by Crippen LogP contribution is 2.17. The second-order valence-electron chi connectivity index (χ2n) is 3.87. The van der Waals surface area contributed by atoms with Gasteiger partial charge in [-0.1, -0.05) is 18.2 Å². The van der Waals surface area contributed by atoms with Gasteiger partial charge in [0, 0.05) is 18.0 Å². The summed E-state index contributed by atoms with van der Waals surface area (Å²) in [6.07, 6.45) is 6.53. The van der Waals surface area contributed by atoms with E-state index in [9.17, 15) is 4.79 Å². The Balaban J connectivity index is 2.07. The standard InChI is InChI=1S/C14H15N3O2/c1-19-14(18)7-6-11-4-2-3-5-13(11)16-9-12-8-15-10-17-12/h2-8,10,16H,9H2,1H3,(H,15,17). The van der Waals surface area contributed by atoms with E-state index < -0.39 is 0 Å². The van der Waals surface area contributed by atoms with Gasteiger partial charge in [-0.25, -0.2) is 9.78 Å². The molecule has 0 fully saturated rings. The second kappa shape index (κ2) is 6.39. The minimum Gasteiger partial charge on any atom is -0.466 e. The molecule has 0 aliphatic carbocycles. The SMILES string of the molecule is COC(=O)C=Cc1ccccc1NCc1cnc[nH]1. The molecule has 1 aromatic heterocycles. The molecule has 98 valence electrons. The predicted octanol–water partition coefficient (Wildman–Crippen LogP) is 2.21. The normalized spacial score (nSPS) is 10.6.